The summed E-state index contributed by atoms with van der Waals surface area (Å²) in [5.74, 6) is 0.843. The molecule has 1 atom stereocenters. The first-order chi connectivity index (χ1) is 8.11. The van der Waals surface area contributed by atoms with Crippen LogP contribution in [0.5, 0.6) is 0 Å². The van der Waals surface area contributed by atoms with Crippen molar-refractivity contribution in [1.29, 1.82) is 0 Å². The van der Waals surface area contributed by atoms with Crippen LogP contribution in [-0.2, 0) is 11.8 Å². The Morgan fingerprint density at radius 2 is 2.35 bits per heavy atom. The summed E-state index contributed by atoms with van der Waals surface area (Å²) in [6.07, 6.45) is 0. The molecule has 0 bridgehead atoms. The number of aromatic nitrogens is 4. The minimum Gasteiger partial charge on any atom is -0.383 e. The molecule has 7 nitrogen and oxygen atoms in total. The van der Waals surface area contributed by atoms with Crippen molar-refractivity contribution >= 4 is 0 Å². The number of rotatable bonds is 4. The molecular weight excluding hydrogens is 222 g/mol. The van der Waals surface area contributed by atoms with Crippen molar-refractivity contribution in [1.82, 2.24) is 19.9 Å². The smallest absolute Gasteiger partial charge is 0.276 e. The minimum absolute atomic E-state index is 0.351. The molecule has 7 heteroatoms. The van der Waals surface area contributed by atoms with Gasteiger partial charge in [-0.3, -0.25) is 4.68 Å². The molecular formula is C10H15N5O2. The van der Waals surface area contributed by atoms with Gasteiger partial charge in [-0.15, -0.1) is 0 Å². The van der Waals surface area contributed by atoms with Crippen LogP contribution in [0.25, 0.3) is 11.6 Å². The molecule has 0 aliphatic heterocycles. The van der Waals surface area contributed by atoms with E-state index in [-0.39, 0.29) is 6.04 Å². The molecule has 0 spiro atoms. The van der Waals surface area contributed by atoms with Gasteiger partial charge in [0.2, 0.25) is 0 Å². The van der Waals surface area contributed by atoms with Crippen LogP contribution in [0.15, 0.2) is 10.6 Å². The second kappa shape index (κ2) is 4.64. The summed E-state index contributed by atoms with van der Waals surface area (Å²) in [7, 11) is 3.40. The fourth-order valence-corrected chi connectivity index (χ4v) is 1.55. The van der Waals surface area contributed by atoms with Gasteiger partial charge in [0.15, 0.2) is 5.82 Å². The zero-order chi connectivity index (χ0) is 12.4. The molecule has 0 aliphatic carbocycles. The van der Waals surface area contributed by atoms with Crippen molar-refractivity contribution in [2.45, 2.75) is 13.0 Å². The zero-order valence-corrected chi connectivity index (χ0v) is 10.0. The van der Waals surface area contributed by atoms with Crippen LogP contribution in [0.4, 0.5) is 0 Å². The predicted molar refractivity (Wildman–Crippen MR) is 60.0 cm³/mol. The molecule has 2 N–H and O–H groups in total. The van der Waals surface area contributed by atoms with E-state index in [0.29, 0.717) is 18.3 Å². The number of aryl methyl sites for hydroxylation is 2. The SMILES string of the molecule is COCC(N)c1noc(-c2cc(C)nn2C)n1. The Morgan fingerprint density at radius 3 is 2.94 bits per heavy atom. The molecule has 0 radical (unpaired) electrons. The van der Waals surface area contributed by atoms with Crippen molar-refractivity contribution in [2.75, 3.05) is 13.7 Å². The van der Waals surface area contributed by atoms with Crippen LogP contribution in [-0.4, -0.2) is 33.6 Å². The molecule has 2 aromatic rings. The van der Waals surface area contributed by atoms with E-state index in [4.69, 9.17) is 15.0 Å². The van der Waals surface area contributed by atoms with Gasteiger partial charge in [0.05, 0.1) is 18.3 Å². The number of methoxy groups -OCH3 is 1. The molecule has 0 saturated heterocycles. The molecule has 2 rings (SSSR count). The summed E-state index contributed by atoms with van der Waals surface area (Å²) < 4.78 is 11.8. The molecule has 2 heterocycles. The maximum absolute atomic E-state index is 5.81. The van der Waals surface area contributed by atoms with E-state index in [1.54, 1.807) is 11.8 Å². The quantitative estimate of drug-likeness (QED) is 0.828. The Bertz CT molecular complexity index is 505. The van der Waals surface area contributed by atoms with Crippen LogP contribution >= 0.6 is 0 Å². The third-order valence-corrected chi connectivity index (χ3v) is 2.34. The Balaban J connectivity index is 2.26. The number of nitrogens with zero attached hydrogens (tertiary/aromatic N) is 4. The first kappa shape index (κ1) is 11.7. The lowest BCUT2D eigenvalue weighted by Crippen LogP contribution is -2.17. The van der Waals surface area contributed by atoms with Gasteiger partial charge in [-0.1, -0.05) is 5.16 Å². The highest BCUT2D eigenvalue weighted by atomic mass is 16.5. The molecule has 17 heavy (non-hydrogen) atoms. The summed E-state index contributed by atoms with van der Waals surface area (Å²) in [6.45, 7) is 2.25. The van der Waals surface area contributed by atoms with Gasteiger partial charge in [0.1, 0.15) is 5.69 Å². The van der Waals surface area contributed by atoms with Crippen molar-refractivity contribution in [2.24, 2.45) is 12.8 Å². The number of ether oxygens (including phenoxy) is 1. The van der Waals surface area contributed by atoms with Gasteiger partial charge in [-0.05, 0) is 13.0 Å². The first-order valence-electron chi connectivity index (χ1n) is 5.21. The van der Waals surface area contributed by atoms with E-state index >= 15 is 0 Å². The molecule has 0 saturated carbocycles. The van der Waals surface area contributed by atoms with Crippen molar-refractivity contribution < 1.29 is 9.26 Å². The monoisotopic (exact) mass is 237 g/mol. The maximum Gasteiger partial charge on any atom is 0.276 e. The number of hydrogen-bond donors (Lipinski definition) is 1. The molecule has 0 aromatic carbocycles. The zero-order valence-electron chi connectivity index (χ0n) is 10.0. The third-order valence-electron chi connectivity index (χ3n) is 2.34. The van der Waals surface area contributed by atoms with E-state index in [2.05, 4.69) is 15.2 Å². The van der Waals surface area contributed by atoms with Crippen LogP contribution in [0.1, 0.15) is 17.6 Å². The summed E-state index contributed by atoms with van der Waals surface area (Å²) in [5, 5.41) is 8.04. The summed E-state index contributed by atoms with van der Waals surface area (Å²) in [6, 6.07) is 1.49. The Labute approximate surface area is 98.6 Å². The standard InChI is InChI=1S/C10H15N5O2/c1-6-4-8(15(2)13-6)10-12-9(14-17-10)7(11)5-16-3/h4,7H,5,11H2,1-3H3. The predicted octanol–water partition coefficient (Wildman–Crippen LogP) is 0.425. The highest BCUT2D eigenvalue weighted by Gasteiger charge is 2.17. The molecule has 0 fully saturated rings. The van der Waals surface area contributed by atoms with Crippen LogP contribution < -0.4 is 5.73 Å². The average Bonchev–Trinajstić information content (AvgIpc) is 2.85. The van der Waals surface area contributed by atoms with E-state index in [1.807, 2.05) is 20.0 Å². The van der Waals surface area contributed by atoms with E-state index < -0.39 is 0 Å². The van der Waals surface area contributed by atoms with Gasteiger partial charge in [-0.25, -0.2) is 0 Å². The van der Waals surface area contributed by atoms with Crippen molar-refractivity contribution in [3.63, 3.8) is 0 Å². The Hall–Kier alpha value is -1.73. The summed E-state index contributed by atoms with van der Waals surface area (Å²) in [5.41, 5.74) is 7.47. The second-order valence-electron chi connectivity index (χ2n) is 3.81. The van der Waals surface area contributed by atoms with E-state index in [9.17, 15) is 0 Å². The normalized spacial score (nSPS) is 12.9. The molecule has 2 aromatic heterocycles. The first-order valence-corrected chi connectivity index (χ1v) is 5.21. The van der Waals surface area contributed by atoms with Crippen LogP contribution in [0.3, 0.4) is 0 Å². The molecule has 1 unspecified atom stereocenters. The van der Waals surface area contributed by atoms with Gasteiger partial charge in [0.25, 0.3) is 5.89 Å². The number of nitrogens with two attached hydrogens (primary N) is 1. The summed E-state index contributed by atoms with van der Waals surface area (Å²) in [4.78, 5) is 4.23. The Kier molecular flexibility index (Phi) is 3.21. The lowest BCUT2D eigenvalue weighted by molar-refractivity contribution is 0.177. The van der Waals surface area contributed by atoms with Gasteiger partial charge in [0, 0.05) is 14.2 Å². The minimum atomic E-state index is -0.383. The van der Waals surface area contributed by atoms with E-state index in [0.717, 1.165) is 11.4 Å². The van der Waals surface area contributed by atoms with Gasteiger partial charge in [-0.2, -0.15) is 10.1 Å². The second-order valence-corrected chi connectivity index (χ2v) is 3.81. The maximum atomic E-state index is 5.81. The fourth-order valence-electron chi connectivity index (χ4n) is 1.55. The van der Waals surface area contributed by atoms with Crippen LogP contribution in [0, 0.1) is 6.92 Å². The molecule has 0 aliphatic rings. The van der Waals surface area contributed by atoms with Gasteiger partial charge >= 0.3 is 0 Å². The lowest BCUT2D eigenvalue weighted by Gasteiger charge is -2.03. The molecule has 92 valence electrons. The highest BCUT2D eigenvalue weighted by Crippen LogP contribution is 2.19. The summed E-state index contributed by atoms with van der Waals surface area (Å²) >= 11 is 0. The van der Waals surface area contributed by atoms with Crippen LogP contribution in [0.2, 0.25) is 0 Å². The lowest BCUT2D eigenvalue weighted by atomic mass is 10.3. The van der Waals surface area contributed by atoms with Crippen molar-refractivity contribution in [3.05, 3.63) is 17.6 Å². The fraction of sp³-hybridized carbons (Fsp3) is 0.500. The third kappa shape index (κ3) is 2.34. The van der Waals surface area contributed by atoms with Gasteiger partial charge < -0.3 is 15.0 Å². The van der Waals surface area contributed by atoms with Crippen molar-refractivity contribution in [3.8, 4) is 11.6 Å². The topological polar surface area (TPSA) is 92.0 Å². The largest absolute Gasteiger partial charge is 0.383 e. The Morgan fingerprint density at radius 1 is 1.59 bits per heavy atom. The number of hydrogen-bond acceptors (Lipinski definition) is 6. The highest BCUT2D eigenvalue weighted by molar-refractivity contribution is 5.47. The van der Waals surface area contributed by atoms with E-state index in [1.165, 1.54) is 0 Å². The molecule has 0 amide bonds. The average molecular weight is 237 g/mol.